The van der Waals surface area contributed by atoms with E-state index in [4.69, 9.17) is 16.2 Å². The molecule has 150 valence electrons. The van der Waals surface area contributed by atoms with Crippen molar-refractivity contribution in [2.24, 2.45) is 5.73 Å². The number of amides is 1. The summed E-state index contributed by atoms with van der Waals surface area (Å²) in [6, 6.07) is 6.29. The van der Waals surface area contributed by atoms with Crippen molar-refractivity contribution in [1.82, 2.24) is 19.5 Å². The van der Waals surface area contributed by atoms with Crippen molar-refractivity contribution in [3.63, 3.8) is 0 Å². The van der Waals surface area contributed by atoms with Crippen molar-refractivity contribution in [3.05, 3.63) is 41.9 Å². The Morgan fingerprint density at radius 3 is 2.86 bits per heavy atom. The molecule has 4 aromatic rings. The molecule has 0 radical (unpaired) electrons. The summed E-state index contributed by atoms with van der Waals surface area (Å²) in [7, 11) is 3.53. The first-order chi connectivity index (χ1) is 13.9. The molecule has 0 bridgehead atoms. The normalized spacial score (nSPS) is 11.6. The number of aromatic nitrogens is 3. The van der Waals surface area contributed by atoms with Crippen LogP contribution in [0.2, 0.25) is 0 Å². The maximum Gasteiger partial charge on any atom is 0.231 e. The van der Waals surface area contributed by atoms with Gasteiger partial charge in [-0.15, -0.1) is 11.3 Å². The first-order valence-corrected chi connectivity index (χ1v) is 9.85. The van der Waals surface area contributed by atoms with Crippen LogP contribution in [0.5, 0.6) is 5.75 Å². The number of hydrogen-bond acceptors (Lipinski definition) is 7. The van der Waals surface area contributed by atoms with Gasteiger partial charge >= 0.3 is 0 Å². The lowest BCUT2D eigenvalue weighted by Crippen LogP contribution is -2.30. The fourth-order valence-corrected chi connectivity index (χ4v) is 4.85. The first-order valence-electron chi connectivity index (χ1n) is 9.03. The van der Waals surface area contributed by atoms with Gasteiger partial charge in [0, 0.05) is 23.2 Å². The van der Waals surface area contributed by atoms with E-state index in [1.165, 1.54) is 6.33 Å². The molecule has 0 aliphatic carbocycles. The topological polar surface area (TPSA) is 112 Å². The van der Waals surface area contributed by atoms with Crippen molar-refractivity contribution in [2.75, 3.05) is 26.4 Å². The number of hydrogen-bond donors (Lipinski definition) is 2. The van der Waals surface area contributed by atoms with Gasteiger partial charge in [-0.25, -0.2) is 9.50 Å². The highest BCUT2D eigenvalue weighted by atomic mass is 32.1. The molecule has 9 heteroatoms. The van der Waals surface area contributed by atoms with Crippen LogP contribution >= 0.6 is 11.3 Å². The Bertz CT molecular complexity index is 1230. The zero-order valence-corrected chi connectivity index (χ0v) is 17.3. The van der Waals surface area contributed by atoms with Crippen LogP contribution in [0, 0.1) is 6.92 Å². The van der Waals surface area contributed by atoms with Crippen LogP contribution in [0.4, 0.5) is 5.82 Å². The monoisotopic (exact) mass is 410 g/mol. The average Bonchev–Trinajstić information content (AvgIpc) is 3.21. The number of carbonyl (C=O) groups is 1. The number of ether oxygens (including phenoxy) is 1. The van der Waals surface area contributed by atoms with Crippen LogP contribution in [-0.4, -0.2) is 46.1 Å². The molecule has 0 aliphatic heterocycles. The molecule has 0 spiro atoms. The molecule has 29 heavy (non-hydrogen) atoms. The van der Waals surface area contributed by atoms with Crippen LogP contribution < -0.4 is 16.2 Å². The molecular formula is C20H22N6O2S. The zero-order chi connectivity index (χ0) is 20.7. The lowest BCUT2D eigenvalue weighted by Gasteiger charge is -2.14. The summed E-state index contributed by atoms with van der Waals surface area (Å²) in [5.74, 6) is 0.870. The number of primary amides is 1. The third-order valence-corrected chi connectivity index (χ3v) is 5.92. The number of thiophene rings is 1. The van der Waals surface area contributed by atoms with Gasteiger partial charge in [-0.1, -0.05) is 6.07 Å². The number of anilines is 1. The van der Waals surface area contributed by atoms with Crippen molar-refractivity contribution < 1.29 is 9.53 Å². The molecule has 0 saturated carbocycles. The highest BCUT2D eigenvalue weighted by Crippen LogP contribution is 2.43. The molecule has 3 heterocycles. The molecule has 0 aliphatic rings. The summed E-state index contributed by atoms with van der Waals surface area (Å²) < 4.78 is 8.39. The largest absolute Gasteiger partial charge is 0.495 e. The maximum atomic E-state index is 11.3. The number of rotatable bonds is 6. The van der Waals surface area contributed by atoms with Gasteiger partial charge in [0.05, 0.1) is 18.4 Å². The lowest BCUT2D eigenvalue weighted by atomic mass is 10.1. The smallest absolute Gasteiger partial charge is 0.231 e. The van der Waals surface area contributed by atoms with E-state index < -0.39 is 0 Å². The van der Waals surface area contributed by atoms with Crippen LogP contribution in [-0.2, 0) is 11.3 Å². The van der Waals surface area contributed by atoms with Gasteiger partial charge in [0.15, 0.2) is 5.82 Å². The average molecular weight is 411 g/mol. The Morgan fingerprint density at radius 2 is 2.14 bits per heavy atom. The third-order valence-electron chi connectivity index (χ3n) is 4.74. The summed E-state index contributed by atoms with van der Waals surface area (Å²) >= 11 is 1.63. The van der Waals surface area contributed by atoms with E-state index >= 15 is 0 Å². The molecule has 0 saturated heterocycles. The third kappa shape index (κ3) is 3.50. The molecule has 1 aromatic carbocycles. The van der Waals surface area contributed by atoms with Crippen molar-refractivity contribution in [1.29, 1.82) is 0 Å². The number of nitrogens with zero attached hydrogens (tertiary/aromatic N) is 4. The van der Waals surface area contributed by atoms with E-state index in [0.29, 0.717) is 12.4 Å². The first kappa shape index (κ1) is 19.2. The van der Waals surface area contributed by atoms with E-state index in [2.05, 4.69) is 22.2 Å². The molecule has 3 aromatic heterocycles. The molecule has 1 amide bonds. The van der Waals surface area contributed by atoms with Crippen LogP contribution in [0.25, 0.3) is 26.0 Å². The summed E-state index contributed by atoms with van der Waals surface area (Å²) in [6.07, 6.45) is 3.35. The minimum absolute atomic E-state index is 0.159. The molecule has 0 unspecified atom stereocenters. The Balaban J connectivity index is 1.93. The van der Waals surface area contributed by atoms with E-state index in [9.17, 15) is 4.79 Å². The number of benzene rings is 1. The standard InChI is InChI=1S/C20H22N6O2S/c1-11-4-12-6-15(29-19(12)14(5-11)28-3)17-13(7-25(2)9-16(21)27)8-26-18(17)20(22)23-10-24-26/h4-6,8,10H,7,9H2,1-3H3,(H2,21,27)(H2,22,23,24). The molecule has 0 atom stereocenters. The predicted octanol–water partition coefficient (Wildman–Crippen LogP) is 2.43. The molecule has 8 nitrogen and oxygen atoms in total. The Kier molecular flexibility index (Phi) is 4.85. The quantitative estimate of drug-likeness (QED) is 0.505. The molecular weight excluding hydrogens is 388 g/mol. The van der Waals surface area contributed by atoms with Gasteiger partial charge in [-0.2, -0.15) is 5.10 Å². The van der Waals surface area contributed by atoms with Gasteiger partial charge in [0.25, 0.3) is 0 Å². The number of nitrogens with two attached hydrogens (primary N) is 2. The second-order valence-corrected chi connectivity index (χ2v) is 8.15. The summed E-state index contributed by atoms with van der Waals surface area (Å²) in [4.78, 5) is 18.4. The number of likely N-dealkylation sites (N-methyl/N-ethyl adjacent to an activating group) is 1. The zero-order valence-electron chi connectivity index (χ0n) is 16.5. The Morgan fingerprint density at radius 1 is 1.34 bits per heavy atom. The highest BCUT2D eigenvalue weighted by Gasteiger charge is 2.21. The Hall–Kier alpha value is -3.17. The summed E-state index contributed by atoms with van der Waals surface area (Å²) in [6.45, 7) is 2.72. The van der Waals surface area contributed by atoms with Crippen LogP contribution in [0.15, 0.2) is 30.7 Å². The van der Waals surface area contributed by atoms with Gasteiger partial charge in [-0.3, -0.25) is 9.69 Å². The predicted molar refractivity (Wildman–Crippen MR) is 115 cm³/mol. The van der Waals surface area contributed by atoms with Crippen LogP contribution in [0.3, 0.4) is 0 Å². The van der Waals surface area contributed by atoms with Crippen molar-refractivity contribution >= 4 is 38.7 Å². The lowest BCUT2D eigenvalue weighted by molar-refractivity contribution is -0.118. The number of methoxy groups -OCH3 is 1. The summed E-state index contributed by atoms with van der Waals surface area (Å²) in [5, 5.41) is 5.42. The molecule has 4 rings (SSSR count). The maximum absolute atomic E-state index is 11.3. The second kappa shape index (κ2) is 7.34. The summed E-state index contributed by atoms with van der Waals surface area (Å²) in [5.41, 5.74) is 15.4. The van der Waals surface area contributed by atoms with Gasteiger partial charge in [0.2, 0.25) is 5.91 Å². The minimum Gasteiger partial charge on any atom is -0.495 e. The van der Waals surface area contributed by atoms with Gasteiger partial charge in [-0.05, 0) is 42.6 Å². The van der Waals surface area contributed by atoms with Crippen molar-refractivity contribution in [2.45, 2.75) is 13.5 Å². The highest BCUT2D eigenvalue weighted by molar-refractivity contribution is 7.22. The number of nitrogen functional groups attached to an aromatic ring is 1. The fourth-order valence-electron chi connectivity index (χ4n) is 3.63. The molecule has 0 fully saturated rings. The van der Waals surface area contributed by atoms with E-state index in [0.717, 1.165) is 42.9 Å². The van der Waals surface area contributed by atoms with Crippen molar-refractivity contribution in [3.8, 4) is 16.2 Å². The van der Waals surface area contributed by atoms with Gasteiger partial charge < -0.3 is 16.2 Å². The Labute approximate surface area is 171 Å². The number of fused-ring (bicyclic) bond motifs is 2. The van der Waals surface area contributed by atoms with Gasteiger partial charge in [0.1, 0.15) is 17.6 Å². The van der Waals surface area contributed by atoms with E-state index in [1.54, 1.807) is 23.0 Å². The number of aryl methyl sites for hydroxylation is 1. The van der Waals surface area contributed by atoms with Crippen LogP contribution in [0.1, 0.15) is 11.1 Å². The molecule has 4 N–H and O–H groups in total. The number of carbonyl (C=O) groups excluding carboxylic acids is 1. The SMILES string of the molecule is COc1cc(C)cc2cc(-c3c(CN(C)CC(N)=O)cn4ncnc(N)c34)sc12. The second-order valence-electron chi connectivity index (χ2n) is 7.10. The fraction of sp³-hybridized carbons (Fsp3) is 0.250. The van der Waals surface area contributed by atoms with E-state index in [1.807, 2.05) is 31.1 Å². The minimum atomic E-state index is -0.376. The van der Waals surface area contributed by atoms with E-state index in [-0.39, 0.29) is 12.5 Å².